The second-order valence-corrected chi connectivity index (χ2v) is 11.0. The fourth-order valence-electron chi connectivity index (χ4n) is 0.994. The van der Waals surface area contributed by atoms with Gasteiger partial charge in [-0.25, -0.2) is 0 Å². The molecule has 1 heteroatoms. The molecule has 0 atom stereocenters. The van der Waals surface area contributed by atoms with Crippen molar-refractivity contribution in [1.82, 2.24) is 0 Å². The largest absolute Gasteiger partial charge is 0.0690 e. The number of hydrogen-bond acceptors (Lipinski definition) is 0. The molecule has 0 fully saturated rings. The van der Waals surface area contributed by atoms with Crippen molar-refractivity contribution in [2.24, 2.45) is 0 Å². The first-order valence-corrected chi connectivity index (χ1v) is 8.02. The van der Waals surface area contributed by atoms with Gasteiger partial charge in [0.2, 0.25) is 0 Å². The Morgan fingerprint density at radius 1 is 1.09 bits per heavy atom. The van der Waals surface area contributed by atoms with E-state index in [1.165, 1.54) is 18.9 Å². The highest BCUT2D eigenvalue weighted by Crippen LogP contribution is 2.39. The molecule has 0 aliphatic heterocycles. The van der Waals surface area contributed by atoms with Crippen molar-refractivity contribution >= 4 is 8.07 Å². The summed E-state index contributed by atoms with van der Waals surface area (Å²) in [6, 6.07) is 1.49. The lowest BCUT2D eigenvalue weighted by molar-refractivity contribution is 0.701. The second kappa shape index (κ2) is 3.75. The minimum absolute atomic E-state index is 0.585. The molecule has 0 aromatic carbocycles. The fraction of sp³-hybridized carbons (Fsp3) is 1.00. The van der Waals surface area contributed by atoms with E-state index in [2.05, 4.69) is 40.8 Å². The first-order valence-electron chi connectivity index (χ1n) is 4.81. The normalized spacial score (nSPS) is 13.6. The van der Waals surface area contributed by atoms with Crippen molar-refractivity contribution in [3.05, 3.63) is 0 Å². The third kappa shape index (κ3) is 3.41. The molecule has 0 aromatic heterocycles. The smallest absolute Gasteiger partial charge is 0.0527 e. The molecule has 0 spiro atoms. The van der Waals surface area contributed by atoms with E-state index in [4.69, 9.17) is 0 Å². The van der Waals surface area contributed by atoms with Crippen molar-refractivity contribution in [2.45, 2.75) is 64.7 Å². The Balaban J connectivity index is 4.00. The zero-order valence-corrected chi connectivity index (χ0v) is 10.1. The summed E-state index contributed by atoms with van der Waals surface area (Å²) < 4.78 is 0. The molecule has 0 aliphatic rings. The van der Waals surface area contributed by atoms with Crippen molar-refractivity contribution in [2.75, 3.05) is 0 Å². The van der Waals surface area contributed by atoms with Crippen LogP contribution in [0.15, 0.2) is 0 Å². The Labute approximate surface area is 73.4 Å². The van der Waals surface area contributed by atoms with Gasteiger partial charge in [-0.3, -0.25) is 0 Å². The van der Waals surface area contributed by atoms with Gasteiger partial charge in [-0.05, 0) is 5.04 Å². The summed E-state index contributed by atoms with van der Waals surface area (Å²) in [6.07, 6.45) is 2.78. The van der Waals surface area contributed by atoms with Crippen molar-refractivity contribution in [3.8, 4) is 0 Å². The molecular formula is C10H24Si. The molecule has 0 bridgehead atoms. The molecule has 0 nitrogen and oxygen atoms in total. The minimum atomic E-state index is -0.926. The van der Waals surface area contributed by atoms with Gasteiger partial charge in [0.25, 0.3) is 0 Å². The minimum Gasteiger partial charge on any atom is -0.0690 e. The molecule has 0 heterocycles. The number of unbranched alkanes of at least 4 members (excludes halogenated alkanes) is 1. The standard InChI is InChI=1S/C10H24Si/c1-7-8-9-11(5,6)10(2,3)4/h7-9H2,1-6H3. The quantitative estimate of drug-likeness (QED) is 0.557. The van der Waals surface area contributed by atoms with Gasteiger partial charge in [0, 0.05) is 0 Å². The topological polar surface area (TPSA) is 0 Å². The fourth-order valence-corrected chi connectivity index (χ4v) is 2.98. The zero-order valence-electron chi connectivity index (χ0n) is 9.12. The van der Waals surface area contributed by atoms with E-state index in [9.17, 15) is 0 Å². The Bertz CT molecular complexity index is 109. The van der Waals surface area contributed by atoms with Crippen LogP contribution in [0.25, 0.3) is 0 Å². The van der Waals surface area contributed by atoms with Crippen LogP contribution in [-0.4, -0.2) is 8.07 Å². The maximum absolute atomic E-state index is 2.52. The van der Waals surface area contributed by atoms with E-state index in [1.54, 1.807) is 0 Å². The number of rotatable bonds is 3. The lowest BCUT2D eigenvalue weighted by Gasteiger charge is -2.37. The summed E-state index contributed by atoms with van der Waals surface area (Å²) in [4.78, 5) is 0. The highest BCUT2D eigenvalue weighted by atomic mass is 28.3. The summed E-state index contributed by atoms with van der Waals surface area (Å²) in [5, 5.41) is 0.585. The van der Waals surface area contributed by atoms with E-state index in [1.807, 2.05) is 0 Å². The molecule has 0 saturated carbocycles. The molecule has 0 aromatic rings. The average molecular weight is 172 g/mol. The van der Waals surface area contributed by atoms with Gasteiger partial charge in [0.15, 0.2) is 0 Å². The van der Waals surface area contributed by atoms with Crippen molar-refractivity contribution < 1.29 is 0 Å². The van der Waals surface area contributed by atoms with Crippen molar-refractivity contribution in [3.63, 3.8) is 0 Å². The summed E-state index contributed by atoms with van der Waals surface area (Å²) >= 11 is 0. The molecule has 68 valence electrons. The van der Waals surface area contributed by atoms with Crippen LogP contribution in [0.2, 0.25) is 24.2 Å². The summed E-state index contributed by atoms with van der Waals surface area (Å²) in [5.41, 5.74) is 0. The zero-order chi connectivity index (χ0) is 9.12. The van der Waals surface area contributed by atoms with Gasteiger partial charge < -0.3 is 0 Å². The molecule has 0 radical (unpaired) electrons. The van der Waals surface area contributed by atoms with E-state index >= 15 is 0 Å². The van der Waals surface area contributed by atoms with Gasteiger partial charge in [-0.2, -0.15) is 0 Å². The van der Waals surface area contributed by atoms with Gasteiger partial charge in [-0.1, -0.05) is 59.7 Å². The van der Waals surface area contributed by atoms with Crippen LogP contribution in [0.4, 0.5) is 0 Å². The predicted octanol–water partition coefficient (Wildman–Crippen LogP) is 4.30. The monoisotopic (exact) mass is 172 g/mol. The van der Waals surface area contributed by atoms with Crippen LogP contribution in [0.5, 0.6) is 0 Å². The maximum atomic E-state index is 2.52. The molecule has 0 rings (SSSR count). The first kappa shape index (κ1) is 11.2. The SMILES string of the molecule is CCCC[Si](C)(C)C(C)(C)C. The van der Waals surface area contributed by atoms with E-state index in [-0.39, 0.29) is 0 Å². The van der Waals surface area contributed by atoms with Crippen LogP contribution in [0, 0.1) is 0 Å². The van der Waals surface area contributed by atoms with E-state index in [0.29, 0.717) is 5.04 Å². The van der Waals surface area contributed by atoms with Crippen LogP contribution in [0.1, 0.15) is 40.5 Å². The van der Waals surface area contributed by atoms with E-state index in [0.717, 1.165) is 0 Å². The summed E-state index contributed by atoms with van der Waals surface area (Å²) in [6.45, 7) is 14.5. The molecular weight excluding hydrogens is 148 g/mol. The average Bonchev–Trinajstić information content (AvgIpc) is 1.81. The molecule has 11 heavy (non-hydrogen) atoms. The van der Waals surface area contributed by atoms with Crippen LogP contribution < -0.4 is 0 Å². The maximum Gasteiger partial charge on any atom is 0.0527 e. The molecule has 0 amide bonds. The number of hydrogen-bond donors (Lipinski definition) is 0. The Kier molecular flexibility index (Phi) is 3.82. The first-order chi connectivity index (χ1) is 4.81. The van der Waals surface area contributed by atoms with E-state index < -0.39 is 8.07 Å². The van der Waals surface area contributed by atoms with Gasteiger partial charge in [0.1, 0.15) is 0 Å². The summed E-state index contributed by atoms with van der Waals surface area (Å²) in [5.74, 6) is 0. The molecule has 0 aliphatic carbocycles. The highest BCUT2D eigenvalue weighted by Gasteiger charge is 2.33. The highest BCUT2D eigenvalue weighted by molar-refractivity contribution is 6.80. The second-order valence-electron chi connectivity index (χ2n) is 5.24. The van der Waals surface area contributed by atoms with Crippen LogP contribution in [0.3, 0.4) is 0 Å². The molecule has 0 N–H and O–H groups in total. The molecule has 0 saturated heterocycles. The Morgan fingerprint density at radius 3 is 1.82 bits per heavy atom. The van der Waals surface area contributed by atoms with Crippen molar-refractivity contribution in [1.29, 1.82) is 0 Å². The van der Waals surface area contributed by atoms with Gasteiger partial charge in [-0.15, -0.1) is 0 Å². The van der Waals surface area contributed by atoms with Gasteiger partial charge >= 0.3 is 0 Å². The third-order valence-corrected chi connectivity index (χ3v) is 8.85. The van der Waals surface area contributed by atoms with Crippen LogP contribution >= 0.6 is 0 Å². The Hall–Kier alpha value is 0.217. The summed E-state index contributed by atoms with van der Waals surface area (Å²) in [7, 11) is -0.926. The lowest BCUT2D eigenvalue weighted by atomic mass is 10.2. The lowest BCUT2D eigenvalue weighted by Crippen LogP contribution is -2.36. The van der Waals surface area contributed by atoms with Gasteiger partial charge in [0.05, 0.1) is 8.07 Å². The third-order valence-electron chi connectivity index (χ3n) is 3.19. The Morgan fingerprint density at radius 2 is 1.55 bits per heavy atom. The van der Waals surface area contributed by atoms with Crippen LogP contribution in [-0.2, 0) is 0 Å². The predicted molar refractivity (Wildman–Crippen MR) is 56.9 cm³/mol. The molecule has 0 unspecified atom stereocenters.